The standard InChI is InChI=1S/C18H21N5O3/c1-18(2,3)26-17(25)22-7-6-13(10-22)16(24)21-14-11-23-9-12(8-19)4-5-15(23)20-14/h4-5,9,11,13H,6-7,10H2,1-3H3,(H,21,24). The highest BCUT2D eigenvalue weighted by Gasteiger charge is 2.33. The van der Waals surface area contributed by atoms with Crippen LogP contribution in [0.15, 0.2) is 24.5 Å². The Morgan fingerprint density at radius 3 is 2.81 bits per heavy atom. The SMILES string of the molecule is CC(C)(C)OC(=O)N1CCC(C(=O)Nc2cn3cc(C#N)ccc3n2)C1. The second-order valence-corrected chi connectivity index (χ2v) is 7.32. The number of nitrogens with zero attached hydrogens (tertiary/aromatic N) is 4. The molecule has 0 aromatic carbocycles. The Labute approximate surface area is 151 Å². The highest BCUT2D eigenvalue weighted by Crippen LogP contribution is 2.21. The van der Waals surface area contributed by atoms with E-state index in [1.54, 1.807) is 33.8 Å². The third-order valence-electron chi connectivity index (χ3n) is 4.04. The van der Waals surface area contributed by atoms with Crippen LogP contribution in [-0.2, 0) is 9.53 Å². The van der Waals surface area contributed by atoms with Gasteiger partial charge in [0.2, 0.25) is 5.91 Å². The Bertz CT molecular complexity index is 890. The number of nitrogens with one attached hydrogen (secondary N) is 1. The van der Waals surface area contributed by atoms with E-state index in [4.69, 9.17) is 10.00 Å². The maximum absolute atomic E-state index is 12.5. The number of ether oxygens (including phenoxy) is 1. The lowest BCUT2D eigenvalue weighted by molar-refractivity contribution is -0.119. The summed E-state index contributed by atoms with van der Waals surface area (Å²) in [7, 11) is 0. The van der Waals surface area contributed by atoms with Crippen molar-refractivity contribution in [3.8, 4) is 6.07 Å². The molecule has 0 aliphatic carbocycles. The molecule has 8 nitrogen and oxygen atoms in total. The summed E-state index contributed by atoms with van der Waals surface area (Å²) in [6.45, 7) is 6.25. The predicted molar refractivity (Wildman–Crippen MR) is 94.5 cm³/mol. The third kappa shape index (κ3) is 3.94. The van der Waals surface area contributed by atoms with Gasteiger partial charge in [-0.25, -0.2) is 9.78 Å². The lowest BCUT2D eigenvalue weighted by atomic mass is 10.1. The fourth-order valence-corrected chi connectivity index (χ4v) is 2.81. The Balaban J connectivity index is 1.62. The quantitative estimate of drug-likeness (QED) is 0.892. The van der Waals surface area contributed by atoms with Crippen molar-refractivity contribution in [3.05, 3.63) is 30.1 Å². The molecule has 2 aromatic rings. The molecule has 1 saturated heterocycles. The first kappa shape index (κ1) is 17.7. The first-order valence-corrected chi connectivity index (χ1v) is 8.43. The van der Waals surface area contributed by atoms with Crippen molar-refractivity contribution in [1.82, 2.24) is 14.3 Å². The molecular formula is C18H21N5O3. The van der Waals surface area contributed by atoms with Crippen LogP contribution in [-0.4, -0.2) is 45.0 Å². The number of pyridine rings is 1. The first-order valence-electron chi connectivity index (χ1n) is 8.43. The summed E-state index contributed by atoms with van der Waals surface area (Å²) < 4.78 is 7.03. The molecule has 1 unspecified atom stereocenters. The number of hydrogen-bond acceptors (Lipinski definition) is 5. The second kappa shape index (κ2) is 6.67. The van der Waals surface area contributed by atoms with Crippen molar-refractivity contribution in [2.24, 2.45) is 5.92 Å². The van der Waals surface area contributed by atoms with Gasteiger partial charge in [0.25, 0.3) is 0 Å². The van der Waals surface area contributed by atoms with Crippen LogP contribution in [0.25, 0.3) is 5.65 Å². The summed E-state index contributed by atoms with van der Waals surface area (Å²) in [5, 5.41) is 11.7. The zero-order chi connectivity index (χ0) is 18.9. The van der Waals surface area contributed by atoms with Crippen LogP contribution in [0.4, 0.5) is 10.6 Å². The number of aromatic nitrogens is 2. The number of anilines is 1. The third-order valence-corrected chi connectivity index (χ3v) is 4.04. The van der Waals surface area contributed by atoms with E-state index in [9.17, 15) is 9.59 Å². The van der Waals surface area contributed by atoms with Crippen molar-refractivity contribution in [1.29, 1.82) is 5.26 Å². The summed E-state index contributed by atoms with van der Waals surface area (Å²) in [6, 6.07) is 5.45. The molecule has 26 heavy (non-hydrogen) atoms. The Kier molecular flexibility index (Phi) is 4.55. The summed E-state index contributed by atoms with van der Waals surface area (Å²) in [5.74, 6) is -0.0669. The summed E-state index contributed by atoms with van der Waals surface area (Å²) in [6.07, 6.45) is 3.49. The van der Waals surface area contributed by atoms with Crippen molar-refractivity contribution in [2.75, 3.05) is 18.4 Å². The van der Waals surface area contributed by atoms with Crippen molar-refractivity contribution >= 4 is 23.5 Å². The largest absolute Gasteiger partial charge is 0.444 e. The van der Waals surface area contributed by atoms with Crippen LogP contribution < -0.4 is 5.32 Å². The first-order chi connectivity index (χ1) is 12.2. The average molecular weight is 355 g/mol. The highest BCUT2D eigenvalue weighted by atomic mass is 16.6. The van der Waals surface area contributed by atoms with E-state index in [1.165, 1.54) is 0 Å². The molecule has 1 N–H and O–H groups in total. The monoisotopic (exact) mass is 355 g/mol. The van der Waals surface area contributed by atoms with Crippen LogP contribution >= 0.6 is 0 Å². The van der Waals surface area contributed by atoms with E-state index < -0.39 is 11.7 Å². The number of hydrogen-bond donors (Lipinski definition) is 1. The van der Waals surface area contributed by atoms with Gasteiger partial charge in [-0.05, 0) is 39.3 Å². The molecule has 0 bridgehead atoms. The van der Waals surface area contributed by atoms with E-state index in [1.807, 2.05) is 20.8 Å². The number of rotatable bonds is 2. The van der Waals surface area contributed by atoms with Crippen LogP contribution in [0.1, 0.15) is 32.8 Å². The van der Waals surface area contributed by atoms with Gasteiger partial charge in [-0.1, -0.05) is 0 Å². The minimum Gasteiger partial charge on any atom is -0.444 e. The zero-order valence-corrected chi connectivity index (χ0v) is 15.0. The van der Waals surface area contributed by atoms with Crippen molar-refractivity contribution in [2.45, 2.75) is 32.8 Å². The fraction of sp³-hybridized carbons (Fsp3) is 0.444. The van der Waals surface area contributed by atoms with Gasteiger partial charge in [-0.15, -0.1) is 0 Å². The molecule has 8 heteroatoms. The van der Waals surface area contributed by atoms with Crippen molar-refractivity contribution < 1.29 is 14.3 Å². The van der Waals surface area contributed by atoms with E-state index >= 15 is 0 Å². The smallest absolute Gasteiger partial charge is 0.410 e. The maximum Gasteiger partial charge on any atom is 0.410 e. The van der Waals surface area contributed by atoms with Gasteiger partial charge in [-0.3, -0.25) is 4.79 Å². The Morgan fingerprint density at radius 2 is 2.12 bits per heavy atom. The number of carbonyl (C=O) groups is 2. The molecule has 1 fully saturated rings. The highest BCUT2D eigenvalue weighted by molar-refractivity contribution is 5.92. The summed E-state index contributed by atoms with van der Waals surface area (Å²) >= 11 is 0. The van der Waals surface area contributed by atoms with Gasteiger partial charge in [0.05, 0.1) is 17.7 Å². The number of imidazole rings is 1. The van der Waals surface area contributed by atoms with Gasteiger partial charge < -0.3 is 19.4 Å². The van der Waals surface area contributed by atoms with E-state index in [0.29, 0.717) is 36.5 Å². The molecule has 0 spiro atoms. The Morgan fingerprint density at radius 1 is 1.35 bits per heavy atom. The number of fused-ring (bicyclic) bond motifs is 1. The molecule has 1 aliphatic heterocycles. The van der Waals surface area contributed by atoms with Gasteiger partial charge in [0, 0.05) is 19.3 Å². The minimum absolute atomic E-state index is 0.181. The summed E-state index contributed by atoms with van der Waals surface area (Å²) in [4.78, 5) is 30.4. The molecule has 2 aromatic heterocycles. The molecule has 1 aliphatic rings. The Hall–Kier alpha value is -3.08. The molecule has 0 saturated carbocycles. The van der Waals surface area contributed by atoms with E-state index in [0.717, 1.165) is 0 Å². The van der Waals surface area contributed by atoms with E-state index in [2.05, 4.69) is 16.4 Å². The fourth-order valence-electron chi connectivity index (χ4n) is 2.81. The number of nitriles is 1. The number of carbonyl (C=O) groups excluding carboxylic acids is 2. The second-order valence-electron chi connectivity index (χ2n) is 7.32. The van der Waals surface area contributed by atoms with Gasteiger partial charge in [0.15, 0.2) is 5.82 Å². The summed E-state index contributed by atoms with van der Waals surface area (Å²) in [5.41, 5.74) is 0.591. The molecular weight excluding hydrogens is 334 g/mol. The van der Waals surface area contributed by atoms with Crippen LogP contribution in [0, 0.1) is 17.2 Å². The van der Waals surface area contributed by atoms with E-state index in [-0.39, 0.29) is 11.8 Å². The van der Waals surface area contributed by atoms with Gasteiger partial charge in [0.1, 0.15) is 17.3 Å². The zero-order valence-electron chi connectivity index (χ0n) is 15.0. The van der Waals surface area contributed by atoms with Gasteiger partial charge in [-0.2, -0.15) is 5.26 Å². The lowest BCUT2D eigenvalue weighted by Crippen LogP contribution is -2.36. The molecule has 1 atom stereocenters. The maximum atomic E-state index is 12.5. The van der Waals surface area contributed by atoms with Crippen LogP contribution in [0.3, 0.4) is 0 Å². The molecule has 0 radical (unpaired) electrons. The molecule has 3 rings (SSSR count). The molecule has 136 valence electrons. The predicted octanol–water partition coefficient (Wildman–Crippen LogP) is 2.40. The average Bonchev–Trinajstić information content (AvgIpc) is 3.19. The van der Waals surface area contributed by atoms with Crippen LogP contribution in [0.5, 0.6) is 0 Å². The van der Waals surface area contributed by atoms with Crippen molar-refractivity contribution in [3.63, 3.8) is 0 Å². The topological polar surface area (TPSA) is 99.7 Å². The number of amides is 2. The van der Waals surface area contributed by atoms with Crippen LogP contribution in [0.2, 0.25) is 0 Å². The number of likely N-dealkylation sites (tertiary alicyclic amines) is 1. The molecule has 2 amide bonds. The van der Waals surface area contributed by atoms with Gasteiger partial charge >= 0.3 is 6.09 Å². The normalized spacial score (nSPS) is 17.2. The lowest BCUT2D eigenvalue weighted by Gasteiger charge is -2.24. The molecule has 3 heterocycles. The minimum atomic E-state index is -0.559.